The van der Waals surface area contributed by atoms with E-state index in [1.807, 2.05) is 11.3 Å². The second kappa shape index (κ2) is 15.0. The van der Waals surface area contributed by atoms with Gasteiger partial charge in [0.1, 0.15) is 0 Å². The number of nitrogens with zero attached hydrogens (tertiary/aromatic N) is 2. The maximum Gasteiger partial charge on any atom is 0.194 e. The van der Waals surface area contributed by atoms with Crippen LogP contribution in [-0.2, 0) is 6.42 Å². The van der Waals surface area contributed by atoms with Crippen molar-refractivity contribution < 1.29 is 0 Å². The van der Waals surface area contributed by atoms with Crippen molar-refractivity contribution >= 4 is 16.3 Å². The van der Waals surface area contributed by atoms with Crippen molar-refractivity contribution in [1.29, 1.82) is 0 Å². The number of benzene rings is 1. The highest BCUT2D eigenvalue weighted by Crippen LogP contribution is 2.38. The molecular weight excluding hydrogens is 456 g/mol. The highest BCUT2D eigenvalue weighted by atomic mass is 32.1. The molecule has 2 aromatic heterocycles. The van der Waals surface area contributed by atoms with Crippen LogP contribution in [0, 0.1) is 5.92 Å². The molecule has 1 aliphatic carbocycles. The molecule has 0 radical (unpaired) electrons. The zero-order valence-corrected chi connectivity index (χ0v) is 24.0. The molecule has 0 bridgehead atoms. The van der Waals surface area contributed by atoms with Crippen LogP contribution in [0.5, 0.6) is 0 Å². The number of aryl methyl sites for hydroxylation is 1. The lowest BCUT2D eigenvalue weighted by atomic mass is 9.77. The van der Waals surface area contributed by atoms with E-state index in [4.69, 9.17) is 4.98 Å². The number of hydrogen-bond acceptors (Lipinski definition) is 2. The molecule has 4 rings (SSSR count). The normalized spacial score (nSPS) is 18.3. The Kier molecular flexibility index (Phi) is 11.4. The molecule has 36 heavy (non-hydrogen) atoms. The maximum absolute atomic E-state index is 4.95. The molecule has 198 valence electrons. The summed E-state index contributed by atoms with van der Waals surface area (Å²) in [6, 6.07) is 9.37. The Morgan fingerprint density at radius 2 is 1.39 bits per heavy atom. The minimum absolute atomic E-state index is 0.759. The lowest BCUT2D eigenvalue weighted by molar-refractivity contribution is 0.302. The smallest absolute Gasteiger partial charge is 0.194 e. The van der Waals surface area contributed by atoms with E-state index in [2.05, 4.69) is 54.9 Å². The SMILES string of the molecule is CCCCCCCCC[C@H]1CC[C@H](c2ccc(-c3cn4cc(CCCCCCC)sc4n3)cc2)CC1. The third-order valence-electron chi connectivity index (χ3n) is 8.47. The van der Waals surface area contributed by atoms with Gasteiger partial charge in [0, 0.05) is 22.8 Å². The van der Waals surface area contributed by atoms with Crippen LogP contribution in [-0.4, -0.2) is 9.38 Å². The highest BCUT2D eigenvalue weighted by molar-refractivity contribution is 7.17. The third kappa shape index (κ3) is 8.20. The molecule has 2 heterocycles. The summed E-state index contributed by atoms with van der Waals surface area (Å²) in [4.78, 5) is 7.56. The summed E-state index contributed by atoms with van der Waals surface area (Å²) in [5, 5.41) is 0. The Morgan fingerprint density at radius 1 is 0.750 bits per heavy atom. The lowest BCUT2D eigenvalue weighted by Crippen LogP contribution is -2.13. The monoisotopic (exact) mass is 506 g/mol. The Morgan fingerprint density at radius 3 is 2.06 bits per heavy atom. The maximum atomic E-state index is 4.95. The topological polar surface area (TPSA) is 17.3 Å². The Hall–Kier alpha value is -1.61. The molecule has 0 spiro atoms. The Bertz CT molecular complexity index is 959. The van der Waals surface area contributed by atoms with Gasteiger partial charge in [0.15, 0.2) is 4.96 Å². The van der Waals surface area contributed by atoms with E-state index in [1.165, 1.54) is 126 Å². The largest absolute Gasteiger partial charge is 0.297 e. The number of unbranched alkanes of at least 4 members (excludes halogenated alkanes) is 10. The summed E-state index contributed by atoms with van der Waals surface area (Å²) in [6.45, 7) is 4.58. The van der Waals surface area contributed by atoms with E-state index < -0.39 is 0 Å². The van der Waals surface area contributed by atoms with E-state index in [1.54, 1.807) is 5.56 Å². The Balaban J connectivity index is 1.19. The molecule has 3 aromatic rings. The number of aromatic nitrogens is 2. The van der Waals surface area contributed by atoms with E-state index in [0.29, 0.717) is 0 Å². The summed E-state index contributed by atoms with van der Waals surface area (Å²) >= 11 is 1.87. The fourth-order valence-electron chi connectivity index (χ4n) is 6.10. The summed E-state index contributed by atoms with van der Waals surface area (Å²) in [5.74, 6) is 1.74. The molecule has 1 aliphatic rings. The van der Waals surface area contributed by atoms with Crippen molar-refractivity contribution in [2.24, 2.45) is 5.92 Å². The number of hydrogen-bond donors (Lipinski definition) is 0. The van der Waals surface area contributed by atoms with Gasteiger partial charge in [-0.25, -0.2) is 4.98 Å². The van der Waals surface area contributed by atoms with Crippen LogP contribution in [0.2, 0.25) is 0 Å². The van der Waals surface area contributed by atoms with Gasteiger partial charge in [-0.3, -0.25) is 4.40 Å². The second-order valence-corrected chi connectivity index (χ2v) is 12.5. The molecule has 0 saturated heterocycles. The number of fused-ring (bicyclic) bond motifs is 1. The predicted molar refractivity (Wildman–Crippen MR) is 158 cm³/mol. The summed E-state index contributed by atoms with van der Waals surface area (Å²) < 4.78 is 2.24. The number of thiazole rings is 1. The average Bonchev–Trinajstić information content (AvgIpc) is 3.48. The first-order valence-corrected chi connectivity index (χ1v) is 16.2. The van der Waals surface area contributed by atoms with Crippen molar-refractivity contribution in [3.05, 3.63) is 47.1 Å². The van der Waals surface area contributed by atoms with Crippen molar-refractivity contribution in [1.82, 2.24) is 9.38 Å². The molecule has 0 aliphatic heterocycles. The van der Waals surface area contributed by atoms with Crippen LogP contribution in [0.15, 0.2) is 36.7 Å². The van der Waals surface area contributed by atoms with Gasteiger partial charge in [-0.15, -0.1) is 11.3 Å². The average molecular weight is 507 g/mol. The van der Waals surface area contributed by atoms with Crippen LogP contribution in [0.1, 0.15) is 139 Å². The van der Waals surface area contributed by atoms with E-state index in [0.717, 1.165) is 22.5 Å². The molecule has 1 aromatic carbocycles. The van der Waals surface area contributed by atoms with Gasteiger partial charge in [-0.1, -0.05) is 115 Å². The fraction of sp³-hybridized carbons (Fsp3) is 0.667. The third-order valence-corrected chi connectivity index (χ3v) is 9.53. The highest BCUT2D eigenvalue weighted by Gasteiger charge is 2.22. The van der Waals surface area contributed by atoms with Crippen molar-refractivity contribution in [2.75, 3.05) is 0 Å². The second-order valence-electron chi connectivity index (χ2n) is 11.4. The van der Waals surface area contributed by atoms with Gasteiger partial charge in [0.25, 0.3) is 0 Å². The molecule has 2 nitrogen and oxygen atoms in total. The van der Waals surface area contributed by atoms with E-state index in [9.17, 15) is 0 Å². The lowest BCUT2D eigenvalue weighted by Gasteiger charge is -2.29. The standard InChI is InChI=1S/C33H50N2S/c1-3-5-7-9-10-12-13-15-27-17-19-28(20-18-27)29-21-23-30(24-22-29)32-26-35-25-31(36-33(35)34-32)16-14-11-8-6-4-2/h21-28H,3-20H2,1-2H3/t27-,28-. The summed E-state index contributed by atoms with van der Waals surface area (Å²) in [6.07, 6.45) is 29.6. The first-order chi connectivity index (χ1) is 17.8. The molecule has 3 heteroatoms. The van der Waals surface area contributed by atoms with Gasteiger partial charge in [0.05, 0.1) is 5.69 Å². The first kappa shape index (κ1) is 27.4. The van der Waals surface area contributed by atoms with Gasteiger partial charge >= 0.3 is 0 Å². The zero-order valence-electron chi connectivity index (χ0n) is 23.1. The van der Waals surface area contributed by atoms with Crippen LogP contribution in [0.3, 0.4) is 0 Å². The molecule has 1 saturated carbocycles. The van der Waals surface area contributed by atoms with Crippen LogP contribution in [0.4, 0.5) is 0 Å². The zero-order chi connectivity index (χ0) is 25.0. The number of rotatable bonds is 16. The van der Waals surface area contributed by atoms with Crippen LogP contribution < -0.4 is 0 Å². The van der Waals surface area contributed by atoms with Crippen molar-refractivity contribution in [2.45, 2.75) is 135 Å². The minimum Gasteiger partial charge on any atom is -0.297 e. The van der Waals surface area contributed by atoms with Gasteiger partial charge < -0.3 is 0 Å². The van der Waals surface area contributed by atoms with Gasteiger partial charge in [-0.2, -0.15) is 0 Å². The van der Waals surface area contributed by atoms with E-state index in [-0.39, 0.29) is 0 Å². The van der Waals surface area contributed by atoms with Crippen molar-refractivity contribution in [3.8, 4) is 11.3 Å². The minimum atomic E-state index is 0.759. The van der Waals surface area contributed by atoms with Crippen LogP contribution in [0.25, 0.3) is 16.2 Å². The van der Waals surface area contributed by atoms with E-state index >= 15 is 0 Å². The van der Waals surface area contributed by atoms with Crippen LogP contribution >= 0.6 is 11.3 Å². The molecular formula is C33H50N2S. The molecule has 0 amide bonds. The Labute approximate surface area is 224 Å². The van der Waals surface area contributed by atoms with Crippen molar-refractivity contribution in [3.63, 3.8) is 0 Å². The molecule has 0 unspecified atom stereocenters. The summed E-state index contributed by atoms with van der Waals surface area (Å²) in [5.41, 5.74) is 3.91. The molecule has 0 N–H and O–H groups in total. The molecule has 0 atom stereocenters. The molecule has 1 fully saturated rings. The predicted octanol–water partition coefficient (Wildman–Crippen LogP) is 11.0. The van der Waals surface area contributed by atoms with Gasteiger partial charge in [-0.05, 0) is 55.9 Å². The summed E-state index contributed by atoms with van der Waals surface area (Å²) in [7, 11) is 0. The fourth-order valence-corrected chi connectivity index (χ4v) is 7.10. The first-order valence-electron chi connectivity index (χ1n) is 15.3. The number of imidazole rings is 1. The van der Waals surface area contributed by atoms with Gasteiger partial charge in [0.2, 0.25) is 0 Å². The quantitative estimate of drug-likeness (QED) is 0.177.